The molecule has 1 atom stereocenters. The molecule has 1 aromatic rings. The van der Waals surface area contributed by atoms with Crippen molar-refractivity contribution in [2.24, 2.45) is 0 Å². The van der Waals surface area contributed by atoms with Gasteiger partial charge in [0.05, 0.1) is 12.8 Å². The Kier molecular flexibility index (Phi) is 3.59. The Morgan fingerprint density at radius 3 is 2.88 bits per heavy atom. The zero-order valence-electron chi connectivity index (χ0n) is 8.53. The zero-order valence-corrected chi connectivity index (χ0v) is 10.0. The van der Waals surface area contributed by atoms with Gasteiger partial charge in [-0.15, -0.1) is 0 Å². The van der Waals surface area contributed by atoms with E-state index in [1.165, 1.54) is 0 Å². The molecular weight excluding hydrogens is 247 g/mol. The topological polar surface area (TPSA) is 35.5 Å². The fourth-order valence-corrected chi connectivity index (χ4v) is 2.13. The van der Waals surface area contributed by atoms with Crippen LogP contribution in [0.4, 0.5) is 0 Å². The van der Waals surface area contributed by atoms with E-state index in [-0.39, 0.29) is 0 Å². The van der Waals surface area contributed by atoms with Gasteiger partial charge in [-0.2, -0.15) is 0 Å². The van der Waals surface area contributed by atoms with Crippen LogP contribution in [0.25, 0.3) is 0 Å². The van der Waals surface area contributed by atoms with E-state index in [0.29, 0.717) is 28.8 Å². The normalized spacial score (nSPS) is 16.3. The summed E-state index contributed by atoms with van der Waals surface area (Å²) in [5.74, 6) is 0. The number of rotatable bonds is 3. The lowest BCUT2D eigenvalue weighted by molar-refractivity contribution is 0.138. The van der Waals surface area contributed by atoms with Crippen LogP contribution in [0.15, 0.2) is 30.6 Å². The molecule has 3 nitrogen and oxygen atoms in total. The third kappa shape index (κ3) is 2.61. The molecule has 5 heteroatoms. The van der Waals surface area contributed by atoms with E-state index in [9.17, 15) is 5.11 Å². The predicted molar refractivity (Wildman–Crippen MR) is 65.3 cm³/mol. The van der Waals surface area contributed by atoms with Crippen molar-refractivity contribution in [3.05, 3.63) is 46.2 Å². The number of benzene rings is 1. The second-order valence-electron chi connectivity index (χ2n) is 3.63. The van der Waals surface area contributed by atoms with Gasteiger partial charge in [-0.1, -0.05) is 29.3 Å². The van der Waals surface area contributed by atoms with E-state index in [4.69, 9.17) is 23.2 Å². The number of hydrogen-bond donors (Lipinski definition) is 2. The molecule has 0 saturated carbocycles. The van der Waals surface area contributed by atoms with Gasteiger partial charge in [-0.05, 0) is 12.1 Å². The number of halogens is 2. The number of β-amino-alcohol motifs (C(OH)–C–C–N with tert-alkyl or cyclic N) is 1. The van der Waals surface area contributed by atoms with Crippen molar-refractivity contribution < 1.29 is 5.11 Å². The highest BCUT2D eigenvalue weighted by Crippen LogP contribution is 2.26. The quantitative estimate of drug-likeness (QED) is 0.874. The molecule has 0 unspecified atom stereocenters. The Bertz CT molecular complexity index is 409. The van der Waals surface area contributed by atoms with Gasteiger partial charge >= 0.3 is 0 Å². The van der Waals surface area contributed by atoms with Crippen molar-refractivity contribution in [2.75, 3.05) is 13.2 Å². The van der Waals surface area contributed by atoms with Gasteiger partial charge in [0.1, 0.15) is 0 Å². The molecule has 0 aromatic heterocycles. The van der Waals surface area contributed by atoms with Crippen LogP contribution in [0.1, 0.15) is 11.7 Å². The van der Waals surface area contributed by atoms with Crippen LogP contribution in [-0.4, -0.2) is 23.2 Å². The molecule has 86 valence electrons. The van der Waals surface area contributed by atoms with E-state index in [0.717, 1.165) is 0 Å². The first-order valence-electron chi connectivity index (χ1n) is 4.94. The summed E-state index contributed by atoms with van der Waals surface area (Å²) < 4.78 is 0. The Balaban J connectivity index is 2.07. The minimum Gasteiger partial charge on any atom is -0.387 e. The maximum atomic E-state index is 10.0. The molecule has 0 radical (unpaired) electrons. The molecular formula is C11H12Cl2N2O. The van der Waals surface area contributed by atoms with Crippen molar-refractivity contribution in [3.8, 4) is 0 Å². The summed E-state index contributed by atoms with van der Waals surface area (Å²) in [6.45, 7) is 1.22. The van der Waals surface area contributed by atoms with Crippen LogP contribution in [-0.2, 0) is 0 Å². The number of aliphatic hydroxyl groups excluding tert-OH is 1. The van der Waals surface area contributed by atoms with Gasteiger partial charge in [0, 0.05) is 34.6 Å². The zero-order chi connectivity index (χ0) is 11.5. The molecule has 0 amide bonds. The van der Waals surface area contributed by atoms with Crippen molar-refractivity contribution in [3.63, 3.8) is 0 Å². The van der Waals surface area contributed by atoms with Crippen LogP contribution in [0.3, 0.4) is 0 Å². The fraction of sp³-hybridized carbons (Fsp3) is 0.273. The van der Waals surface area contributed by atoms with Crippen molar-refractivity contribution in [1.82, 2.24) is 10.2 Å². The first-order valence-corrected chi connectivity index (χ1v) is 5.69. The van der Waals surface area contributed by atoms with Crippen molar-refractivity contribution in [1.29, 1.82) is 0 Å². The molecule has 0 fully saturated rings. The summed E-state index contributed by atoms with van der Waals surface area (Å²) in [5, 5.41) is 14.1. The van der Waals surface area contributed by atoms with E-state index >= 15 is 0 Å². The lowest BCUT2D eigenvalue weighted by Gasteiger charge is -2.20. The molecule has 2 N–H and O–H groups in total. The number of nitrogens with zero attached hydrogens (tertiary/aromatic N) is 1. The third-order valence-corrected chi connectivity index (χ3v) is 2.99. The Labute approximate surface area is 104 Å². The molecule has 1 aromatic carbocycles. The number of hydrogen-bond acceptors (Lipinski definition) is 3. The summed E-state index contributed by atoms with van der Waals surface area (Å²) in [6, 6.07) is 5.12. The Morgan fingerprint density at radius 2 is 2.25 bits per heavy atom. The van der Waals surface area contributed by atoms with Gasteiger partial charge in [0.2, 0.25) is 0 Å². The number of aliphatic hydroxyl groups is 1. The summed E-state index contributed by atoms with van der Waals surface area (Å²) in [7, 11) is 0. The molecule has 0 spiro atoms. The standard InChI is InChI=1S/C11H12Cl2N2O/c12-8-1-2-9(10(13)5-8)11(16)6-15-4-3-14-7-15/h1-5,11,14,16H,6-7H2/t11-/m0/s1. The lowest BCUT2D eigenvalue weighted by Crippen LogP contribution is -2.25. The Hall–Kier alpha value is -0.900. The predicted octanol–water partition coefficient (Wildman–Crippen LogP) is 2.36. The summed E-state index contributed by atoms with van der Waals surface area (Å²) in [5.41, 5.74) is 0.700. The SMILES string of the molecule is O[C@@H](CN1C=CNC1)c1ccc(Cl)cc1Cl. The summed E-state index contributed by atoms with van der Waals surface area (Å²) in [6.07, 6.45) is 3.12. The first-order chi connectivity index (χ1) is 7.66. The van der Waals surface area contributed by atoms with Crippen LogP contribution in [0.5, 0.6) is 0 Å². The fourth-order valence-electron chi connectivity index (χ4n) is 1.60. The van der Waals surface area contributed by atoms with Crippen LogP contribution >= 0.6 is 23.2 Å². The molecule has 0 aliphatic carbocycles. The highest BCUT2D eigenvalue weighted by molar-refractivity contribution is 6.35. The second kappa shape index (κ2) is 4.95. The third-order valence-electron chi connectivity index (χ3n) is 2.43. The van der Waals surface area contributed by atoms with Crippen molar-refractivity contribution in [2.45, 2.75) is 6.10 Å². The second-order valence-corrected chi connectivity index (χ2v) is 4.47. The van der Waals surface area contributed by atoms with Crippen LogP contribution in [0, 0.1) is 0 Å². The van der Waals surface area contributed by atoms with Gasteiger partial charge in [0.25, 0.3) is 0 Å². The average Bonchev–Trinajstić information content (AvgIpc) is 2.70. The monoisotopic (exact) mass is 258 g/mol. The van der Waals surface area contributed by atoms with Gasteiger partial charge < -0.3 is 15.3 Å². The molecule has 0 bridgehead atoms. The molecule has 1 heterocycles. The van der Waals surface area contributed by atoms with E-state index in [2.05, 4.69) is 5.32 Å². The van der Waals surface area contributed by atoms with E-state index in [1.54, 1.807) is 18.2 Å². The number of nitrogens with one attached hydrogen (secondary N) is 1. The van der Waals surface area contributed by atoms with Gasteiger partial charge in [-0.3, -0.25) is 0 Å². The van der Waals surface area contributed by atoms with Crippen molar-refractivity contribution >= 4 is 23.2 Å². The van der Waals surface area contributed by atoms with E-state index < -0.39 is 6.10 Å². The van der Waals surface area contributed by atoms with E-state index in [1.807, 2.05) is 17.3 Å². The smallest absolute Gasteiger partial charge is 0.0979 e. The van der Waals surface area contributed by atoms with Crippen LogP contribution in [0.2, 0.25) is 10.0 Å². The lowest BCUT2D eigenvalue weighted by atomic mass is 10.1. The average molecular weight is 259 g/mol. The van der Waals surface area contributed by atoms with Gasteiger partial charge in [-0.25, -0.2) is 0 Å². The maximum Gasteiger partial charge on any atom is 0.0979 e. The first kappa shape index (κ1) is 11.6. The minimum atomic E-state index is -0.616. The highest BCUT2D eigenvalue weighted by Gasteiger charge is 2.15. The summed E-state index contributed by atoms with van der Waals surface area (Å²) >= 11 is 11.8. The maximum absolute atomic E-state index is 10.0. The largest absolute Gasteiger partial charge is 0.387 e. The molecule has 2 rings (SSSR count). The molecule has 16 heavy (non-hydrogen) atoms. The highest BCUT2D eigenvalue weighted by atomic mass is 35.5. The molecule has 0 saturated heterocycles. The molecule has 1 aliphatic rings. The Morgan fingerprint density at radius 1 is 1.44 bits per heavy atom. The summed E-state index contributed by atoms with van der Waals surface area (Å²) in [4.78, 5) is 1.97. The minimum absolute atomic E-state index is 0.496. The van der Waals surface area contributed by atoms with Crippen LogP contribution < -0.4 is 5.32 Å². The van der Waals surface area contributed by atoms with Gasteiger partial charge in [0.15, 0.2) is 0 Å². The molecule has 1 aliphatic heterocycles.